The van der Waals surface area contributed by atoms with E-state index in [1.807, 2.05) is 30.3 Å². The minimum atomic E-state index is -0.574. The molecule has 0 fully saturated rings. The molecule has 0 radical (unpaired) electrons. The first-order valence-corrected chi connectivity index (χ1v) is 7.15. The van der Waals surface area contributed by atoms with Crippen LogP contribution >= 0.6 is 0 Å². The highest BCUT2D eigenvalue weighted by atomic mass is 19.1. The number of carbonyl (C=O) groups excluding carboxylic acids is 1. The van der Waals surface area contributed by atoms with Crippen molar-refractivity contribution in [3.63, 3.8) is 0 Å². The Morgan fingerprint density at radius 3 is 2.65 bits per heavy atom. The fourth-order valence-corrected chi connectivity index (χ4v) is 2.39. The lowest BCUT2D eigenvalue weighted by molar-refractivity contribution is -0.120. The van der Waals surface area contributed by atoms with Crippen molar-refractivity contribution in [2.75, 3.05) is 0 Å². The van der Waals surface area contributed by atoms with Crippen LogP contribution < -0.4 is 10.9 Å². The lowest BCUT2D eigenvalue weighted by atomic mass is 10.1. The van der Waals surface area contributed by atoms with Crippen LogP contribution in [0.4, 0.5) is 4.39 Å². The van der Waals surface area contributed by atoms with E-state index in [4.69, 9.17) is 4.42 Å². The molecule has 1 N–H and O–H groups in total. The molecular formula is C18H14FNO3. The monoisotopic (exact) mass is 311 g/mol. The third-order valence-corrected chi connectivity index (χ3v) is 3.48. The molecule has 0 saturated carbocycles. The zero-order valence-electron chi connectivity index (χ0n) is 12.2. The Kier molecular flexibility index (Phi) is 4.19. The van der Waals surface area contributed by atoms with Gasteiger partial charge >= 0.3 is 5.63 Å². The van der Waals surface area contributed by atoms with E-state index >= 15 is 0 Å². The normalized spacial score (nSPS) is 10.7. The van der Waals surface area contributed by atoms with Gasteiger partial charge in [-0.3, -0.25) is 4.79 Å². The van der Waals surface area contributed by atoms with E-state index in [1.165, 1.54) is 18.2 Å². The lowest BCUT2D eigenvalue weighted by Crippen LogP contribution is -2.25. The third-order valence-electron chi connectivity index (χ3n) is 3.48. The summed E-state index contributed by atoms with van der Waals surface area (Å²) in [5.41, 5.74) is 1.10. The van der Waals surface area contributed by atoms with Crippen molar-refractivity contribution in [2.24, 2.45) is 0 Å². The maximum atomic E-state index is 13.2. The Bertz CT molecular complexity index is 903. The van der Waals surface area contributed by atoms with Gasteiger partial charge < -0.3 is 9.73 Å². The summed E-state index contributed by atoms with van der Waals surface area (Å²) in [7, 11) is 0. The van der Waals surface area contributed by atoms with E-state index in [1.54, 1.807) is 0 Å². The molecule has 0 bridgehead atoms. The standard InChI is InChI=1S/C18H14FNO3/c19-14-6-7-15-13(9-18(22)23-16(15)10-14)11-20-17(21)8-12-4-2-1-3-5-12/h1-7,9-10H,8,11H2,(H,20,21). The van der Waals surface area contributed by atoms with Crippen LogP contribution in [-0.2, 0) is 17.8 Å². The Labute approximate surface area is 131 Å². The Hall–Kier alpha value is -2.95. The topological polar surface area (TPSA) is 59.3 Å². The maximum absolute atomic E-state index is 13.2. The van der Waals surface area contributed by atoms with Gasteiger partial charge in [-0.05, 0) is 23.3 Å². The number of benzene rings is 2. The highest BCUT2D eigenvalue weighted by Gasteiger charge is 2.09. The SMILES string of the molecule is O=C(Cc1ccccc1)NCc1cc(=O)oc2cc(F)ccc12. The van der Waals surface area contributed by atoms with Crippen molar-refractivity contribution in [3.8, 4) is 0 Å². The average molecular weight is 311 g/mol. The van der Waals surface area contributed by atoms with Crippen LogP contribution in [0, 0.1) is 5.82 Å². The second-order valence-electron chi connectivity index (χ2n) is 5.17. The number of halogens is 1. The fraction of sp³-hybridized carbons (Fsp3) is 0.111. The van der Waals surface area contributed by atoms with Crippen LogP contribution in [0.1, 0.15) is 11.1 Å². The second kappa shape index (κ2) is 6.44. The lowest BCUT2D eigenvalue weighted by Gasteiger charge is -2.08. The van der Waals surface area contributed by atoms with Crippen molar-refractivity contribution in [1.82, 2.24) is 5.32 Å². The summed E-state index contributed by atoms with van der Waals surface area (Å²) < 4.78 is 18.2. The molecule has 0 aliphatic heterocycles. The predicted molar refractivity (Wildman–Crippen MR) is 84.4 cm³/mol. The molecule has 0 aliphatic rings. The highest BCUT2D eigenvalue weighted by Crippen LogP contribution is 2.18. The van der Waals surface area contributed by atoms with Gasteiger partial charge in [-0.25, -0.2) is 9.18 Å². The van der Waals surface area contributed by atoms with Crippen molar-refractivity contribution < 1.29 is 13.6 Å². The van der Waals surface area contributed by atoms with Crippen molar-refractivity contribution in [3.05, 3.63) is 82.0 Å². The summed E-state index contributed by atoms with van der Waals surface area (Å²) in [6.45, 7) is 0.180. The zero-order chi connectivity index (χ0) is 16.2. The zero-order valence-corrected chi connectivity index (χ0v) is 12.2. The van der Waals surface area contributed by atoms with E-state index in [-0.39, 0.29) is 24.5 Å². The molecule has 0 atom stereocenters. The van der Waals surface area contributed by atoms with Gasteiger partial charge in [-0.2, -0.15) is 0 Å². The van der Waals surface area contributed by atoms with Crippen LogP contribution in [0.5, 0.6) is 0 Å². The average Bonchev–Trinajstić information content (AvgIpc) is 2.53. The van der Waals surface area contributed by atoms with Crippen LogP contribution in [-0.4, -0.2) is 5.91 Å². The summed E-state index contributed by atoms with van der Waals surface area (Å²) in [6.07, 6.45) is 0.259. The minimum Gasteiger partial charge on any atom is -0.423 e. The molecule has 5 heteroatoms. The molecule has 3 aromatic rings. The highest BCUT2D eigenvalue weighted by molar-refractivity contribution is 5.82. The quantitative estimate of drug-likeness (QED) is 0.754. The van der Waals surface area contributed by atoms with Crippen LogP contribution in [0.15, 0.2) is 63.8 Å². The van der Waals surface area contributed by atoms with Gasteiger partial charge in [0.15, 0.2) is 0 Å². The van der Waals surface area contributed by atoms with Gasteiger partial charge in [-0.1, -0.05) is 30.3 Å². The molecule has 23 heavy (non-hydrogen) atoms. The van der Waals surface area contributed by atoms with Crippen LogP contribution in [0.2, 0.25) is 0 Å². The van der Waals surface area contributed by atoms with Crippen molar-refractivity contribution in [1.29, 1.82) is 0 Å². The van der Waals surface area contributed by atoms with E-state index in [0.29, 0.717) is 10.9 Å². The van der Waals surface area contributed by atoms with E-state index in [0.717, 1.165) is 11.6 Å². The smallest absolute Gasteiger partial charge is 0.336 e. The van der Waals surface area contributed by atoms with Crippen molar-refractivity contribution in [2.45, 2.75) is 13.0 Å². The molecule has 4 nitrogen and oxygen atoms in total. The number of fused-ring (bicyclic) bond motifs is 1. The van der Waals surface area contributed by atoms with Crippen LogP contribution in [0.3, 0.4) is 0 Å². The molecular weight excluding hydrogens is 297 g/mol. The number of amides is 1. The van der Waals surface area contributed by atoms with Gasteiger partial charge in [0.05, 0.1) is 6.42 Å². The van der Waals surface area contributed by atoms with Crippen molar-refractivity contribution >= 4 is 16.9 Å². The molecule has 116 valence electrons. The molecule has 0 aliphatic carbocycles. The first kappa shape index (κ1) is 15.0. The summed E-state index contributed by atoms with van der Waals surface area (Å²) in [4.78, 5) is 23.5. The molecule has 2 aromatic carbocycles. The largest absolute Gasteiger partial charge is 0.423 e. The Balaban J connectivity index is 1.76. The number of nitrogens with one attached hydrogen (secondary N) is 1. The van der Waals surface area contributed by atoms with Gasteiger partial charge in [0.1, 0.15) is 11.4 Å². The second-order valence-corrected chi connectivity index (χ2v) is 5.17. The van der Waals surface area contributed by atoms with Gasteiger partial charge in [-0.15, -0.1) is 0 Å². The van der Waals surface area contributed by atoms with E-state index in [2.05, 4.69) is 5.32 Å². The molecule has 0 unspecified atom stereocenters. The first-order valence-electron chi connectivity index (χ1n) is 7.15. The molecule has 3 rings (SSSR count). The summed E-state index contributed by atoms with van der Waals surface area (Å²) >= 11 is 0. The minimum absolute atomic E-state index is 0.153. The number of rotatable bonds is 4. The number of carbonyl (C=O) groups is 1. The first-order chi connectivity index (χ1) is 11.1. The predicted octanol–water partition coefficient (Wildman–Crippen LogP) is 2.79. The summed E-state index contributed by atoms with van der Waals surface area (Å²) in [5.74, 6) is -0.634. The molecule has 1 amide bonds. The summed E-state index contributed by atoms with van der Waals surface area (Å²) in [6, 6.07) is 14.7. The number of hydrogen-bond donors (Lipinski definition) is 1. The van der Waals surface area contributed by atoms with E-state index < -0.39 is 11.4 Å². The van der Waals surface area contributed by atoms with Gasteiger partial charge in [0, 0.05) is 24.1 Å². The van der Waals surface area contributed by atoms with Crippen LogP contribution in [0.25, 0.3) is 11.0 Å². The summed E-state index contributed by atoms with van der Waals surface area (Å²) in [5, 5.41) is 3.37. The molecule has 0 saturated heterocycles. The Morgan fingerprint density at radius 1 is 1.09 bits per heavy atom. The fourth-order valence-electron chi connectivity index (χ4n) is 2.39. The maximum Gasteiger partial charge on any atom is 0.336 e. The Morgan fingerprint density at radius 2 is 1.87 bits per heavy atom. The van der Waals surface area contributed by atoms with Gasteiger partial charge in [0.2, 0.25) is 5.91 Å². The number of hydrogen-bond acceptors (Lipinski definition) is 3. The third kappa shape index (κ3) is 3.63. The molecule has 1 aromatic heterocycles. The molecule has 0 spiro atoms. The van der Waals surface area contributed by atoms with E-state index in [9.17, 15) is 14.0 Å². The molecule has 1 heterocycles. The van der Waals surface area contributed by atoms with Gasteiger partial charge in [0.25, 0.3) is 0 Å².